The van der Waals surface area contributed by atoms with Gasteiger partial charge in [-0.1, -0.05) is 36.2 Å². The smallest absolute Gasteiger partial charge is 0.0403 e. The van der Waals surface area contributed by atoms with Crippen molar-refractivity contribution in [3.05, 3.63) is 33.4 Å². The molecule has 0 heterocycles. The molecule has 0 radical (unpaired) electrons. The SMILES string of the molecule is CCC(C)CC(Br)c1c(C)c(C)c(C)c(C)c1C. The Balaban J connectivity index is 3.24. The summed E-state index contributed by atoms with van der Waals surface area (Å²) < 4.78 is 0. The summed E-state index contributed by atoms with van der Waals surface area (Å²) in [6.45, 7) is 15.9. The lowest BCUT2D eigenvalue weighted by atomic mass is 9.86. The molecule has 0 fully saturated rings. The molecule has 1 aromatic carbocycles. The quantitative estimate of drug-likeness (QED) is 0.589. The van der Waals surface area contributed by atoms with Crippen LogP contribution in [0.1, 0.15) is 64.9 Å². The highest BCUT2D eigenvalue weighted by molar-refractivity contribution is 9.09. The van der Waals surface area contributed by atoms with Gasteiger partial charge >= 0.3 is 0 Å². The Kier molecular flexibility index (Phi) is 5.46. The van der Waals surface area contributed by atoms with Crippen molar-refractivity contribution in [1.29, 1.82) is 0 Å². The summed E-state index contributed by atoms with van der Waals surface area (Å²) >= 11 is 3.92. The first-order valence-electron chi connectivity index (χ1n) is 7.02. The van der Waals surface area contributed by atoms with Gasteiger partial charge in [-0.25, -0.2) is 0 Å². The Labute approximate surface area is 121 Å². The Morgan fingerprint density at radius 3 is 1.61 bits per heavy atom. The Hall–Kier alpha value is -0.300. The fourth-order valence-corrected chi connectivity index (χ4v) is 3.96. The van der Waals surface area contributed by atoms with Gasteiger partial charge in [0.2, 0.25) is 0 Å². The monoisotopic (exact) mass is 310 g/mol. The van der Waals surface area contributed by atoms with Crippen LogP contribution >= 0.6 is 15.9 Å². The summed E-state index contributed by atoms with van der Waals surface area (Å²) in [5, 5.41) is 0. The lowest BCUT2D eigenvalue weighted by molar-refractivity contribution is 0.513. The summed E-state index contributed by atoms with van der Waals surface area (Å²) in [4.78, 5) is 0.491. The van der Waals surface area contributed by atoms with Crippen LogP contribution in [0.3, 0.4) is 0 Å². The van der Waals surface area contributed by atoms with Crippen molar-refractivity contribution in [3.8, 4) is 0 Å². The highest BCUT2D eigenvalue weighted by Gasteiger charge is 2.19. The molecule has 0 aliphatic carbocycles. The fraction of sp³-hybridized carbons (Fsp3) is 0.647. The number of halogens is 1. The minimum Gasteiger partial charge on any atom is -0.0838 e. The summed E-state index contributed by atoms with van der Waals surface area (Å²) in [5.74, 6) is 0.773. The Morgan fingerprint density at radius 2 is 1.22 bits per heavy atom. The molecule has 0 saturated heterocycles. The first kappa shape index (κ1) is 15.8. The minimum atomic E-state index is 0.491. The average molecular weight is 311 g/mol. The lowest BCUT2D eigenvalue weighted by Crippen LogP contribution is -2.07. The van der Waals surface area contributed by atoms with Crippen molar-refractivity contribution >= 4 is 15.9 Å². The number of rotatable bonds is 4. The molecular formula is C17H27Br. The van der Waals surface area contributed by atoms with E-state index in [2.05, 4.69) is 64.4 Å². The largest absolute Gasteiger partial charge is 0.0838 e. The van der Waals surface area contributed by atoms with Crippen LogP contribution in [0.25, 0.3) is 0 Å². The van der Waals surface area contributed by atoms with E-state index in [-0.39, 0.29) is 0 Å². The molecule has 1 aromatic rings. The molecule has 1 heteroatoms. The van der Waals surface area contributed by atoms with Crippen LogP contribution in [-0.2, 0) is 0 Å². The highest BCUT2D eigenvalue weighted by Crippen LogP contribution is 2.38. The Bertz CT molecular complexity index is 403. The van der Waals surface area contributed by atoms with Gasteiger partial charge in [-0.3, -0.25) is 0 Å². The van der Waals surface area contributed by atoms with E-state index in [1.54, 1.807) is 0 Å². The minimum absolute atomic E-state index is 0.491. The van der Waals surface area contributed by atoms with E-state index < -0.39 is 0 Å². The van der Waals surface area contributed by atoms with E-state index in [1.165, 1.54) is 46.2 Å². The van der Waals surface area contributed by atoms with Crippen LogP contribution in [0.5, 0.6) is 0 Å². The number of hydrogen-bond acceptors (Lipinski definition) is 0. The third-order valence-electron chi connectivity index (χ3n) is 4.68. The van der Waals surface area contributed by atoms with Gasteiger partial charge in [0.05, 0.1) is 0 Å². The standard InChI is InChI=1S/C17H27Br/c1-8-10(2)9-16(18)17-14(6)12(4)11(3)13(5)15(17)7/h10,16H,8-9H2,1-7H3. The Morgan fingerprint density at radius 1 is 0.833 bits per heavy atom. The maximum Gasteiger partial charge on any atom is 0.0403 e. The fourth-order valence-electron chi connectivity index (χ4n) is 2.64. The van der Waals surface area contributed by atoms with E-state index in [9.17, 15) is 0 Å². The summed E-state index contributed by atoms with van der Waals surface area (Å²) in [6.07, 6.45) is 2.48. The third-order valence-corrected chi connectivity index (χ3v) is 5.51. The van der Waals surface area contributed by atoms with E-state index in [1.807, 2.05) is 0 Å². The van der Waals surface area contributed by atoms with Crippen LogP contribution in [0.2, 0.25) is 0 Å². The van der Waals surface area contributed by atoms with Crippen molar-refractivity contribution in [3.63, 3.8) is 0 Å². The highest BCUT2D eigenvalue weighted by atomic mass is 79.9. The van der Waals surface area contributed by atoms with Crippen LogP contribution in [0, 0.1) is 40.5 Å². The molecule has 1 rings (SSSR count). The molecule has 0 aromatic heterocycles. The lowest BCUT2D eigenvalue weighted by Gasteiger charge is -2.24. The van der Waals surface area contributed by atoms with Gasteiger partial charge in [0.1, 0.15) is 0 Å². The zero-order valence-corrected chi connectivity index (χ0v) is 14.5. The number of alkyl halides is 1. The molecule has 2 atom stereocenters. The number of hydrogen-bond donors (Lipinski definition) is 0. The van der Waals surface area contributed by atoms with Crippen LogP contribution in [-0.4, -0.2) is 0 Å². The van der Waals surface area contributed by atoms with Crippen molar-refractivity contribution < 1.29 is 0 Å². The summed E-state index contributed by atoms with van der Waals surface area (Å²) in [5.41, 5.74) is 8.85. The number of benzene rings is 1. The van der Waals surface area contributed by atoms with Gasteiger partial charge in [-0.05, 0) is 80.3 Å². The summed E-state index contributed by atoms with van der Waals surface area (Å²) in [6, 6.07) is 0. The molecule has 0 aliphatic heterocycles. The van der Waals surface area contributed by atoms with Gasteiger partial charge in [0.25, 0.3) is 0 Å². The molecule has 0 saturated carbocycles. The van der Waals surface area contributed by atoms with Crippen molar-refractivity contribution in [2.75, 3.05) is 0 Å². The van der Waals surface area contributed by atoms with Crippen LogP contribution in [0.4, 0.5) is 0 Å². The first-order chi connectivity index (χ1) is 8.31. The molecular weight excluding hydrogens is 284 g/mol. The molecule has 102 valence electrons. The topological polar surface area (TPSA) is 0 Å². The van der Waals surface area contributed by atoms with Gasteiger partial charge in [-0.2, -0.15) is 0 Å². The van der Waals surface area contributed by atoms with Gasteiger partial charge in [0.15, 0.2) is 0 Å². The molecule has 2 unspecified atom stereocenters. The maximum atomic E-state index is 3.92. The zero-order chi connectivity index (χ0) is 14.0. The normalized spacial score (nSPS) is 14.7. The van der Waals surface area contributed by atoms with Crippen molar-refractivity contribution in [1.82, 2.24) is 0 Å². The second kappa shape index (κ2) is 6.23. The van der Waals surface area contributed by atoms with Gasteiger partial charge in [0, 0.05) is 4.83 Å². The van der Waals surface area contributed by atoms with E-state index >= 15 is 0 Å². The maximum absolute atomic E-state index is 3.92. The van der Waals surface area contributed by atoms with E-state index in [0.717, 1.165) is 5.92 Å². The average Bonchev–Trinajstić information content (AvgIpc) is 2.34. The predicted molar refractivity (Wildman–Crippen MR) is 85.9 cm³/mol. The molecule has 0 bridgehead atoms. The van der Waals surface area contributed by atoms with E-state index in [0.29, 0.717) is 4.83 Å². The summed E-state index contributed by atoms with van der Waals surface area (Å²) in [7, 11) is 0. The molecule has 0 nitrogen and oxygen atoms in total. The van der Waals surface area contributed by atoms with E-state index in [4.69, 9.17) is 0 Å². The van der Waals surface area contributed by atoms with Gasteiger partial charge < -0.3 is 0 Å². The van der Waals surface area contributed by atoms with Crippen molar-refractivity contribution in [2.45, 2.75) is 66.1 Å². The first-order valence-corrected chi connectivity index (χ1v) is 7.93. The molecule has 18 heavy (non-hydrogen) atoms. The molecule has 0 aliphatic rings. The third kappa shape index (κ3) is 2.99. The van der Waals surface area contributed by atoms with Crippen LogP contribution in [0.15, 0.2) is 0 Å². The molecule has 0 N–H and O–H groups in total. The van der Waals surface area contributed by atoms with Crippen LogP contribution < -0.4 is 0 Å². The molecule has 0 amide bonds. The second-order valence-corrected chi connectivity index (χ2v) is 6.86. The van der Waals surface area contributed by atoms with Crippen molar-refractivity contribution in [2.24, 2.45) is 5.92 Å². The second-order valence-electron chi connectivity index (χ2n) is 5.76. The predicted octanol–water partition coefficient (Wildman–Crippen LogP) is 6.10. The molecule has 0 spiro atoms. The van der Waals surface area contributed by atoms with Gasteiger partial charge in [-0.15, -0.1) is 0 Å². The zero-order valence-electron chi connectivity index (χ0n) is 12.9.